The second-order valence-electron chi connectivity index (χ2n) is 5.82. The molecular formula is C14H28N2O. The van der Waals surface area contributed by atoms with Gasteiger partial charge in [-0.25, -0.2) is 0 Å². The Morgan fingerprint density at radius 1 is 1.24 bits per heavy atom. The van der Waals surface area contributed by atoms with Crippen LogP contribution in [0.5, 0.6) is 0 Å². The van der Waals surface area contributed by atoms with Crippen molar-refractivity contribution in [2.75, 3.05) is 20.2 Å². The summed E-state index contributed by atoms with van der Waals surface area (Å²) in [6, 6.07) is 0.669. The number of hydrogen-bond acceptors (Lipinski definition) is 3. The van der Waals surface area contributed by atoms with E-state index < -0.39 is 0 Å². The molecule has 0 amide bonds. The average molecular weight is 240 g/mol. The molecule has 3 atom stereocenters. The quantitative estimate of drug-likeness (QED) is 0.821. The fourth-order valence-electron chi connectivity index (χ4n) is 3.97. The number of methoxy groups -OCH3 is 1. The van der Waals surface area contributed by atoms with E-state index in [0.717, 1.165) is 6.54 Å². The molecule has 0 radical (unpaired) electrons. The number of likely N-dealkylation sites (tertiary alicyclic amines) is 1. The first-order valence-electron chi connectivity index (χ1n) is 7.24. The van der Waals surface area contributed by atoms with Crippen LogP contribution in [0.2, 0.25) is 0 Å². The maximum atomic E-state index is 6.18. The summed E-state index contributed by atoms with van der Waals surface area (Å²) in [5, 5.41) is 0. The SMILES string of the molecule is COC1CCCCC1(CN)N1CCCCC1C. The molecule has 2 fully saturated rings. The molecule has 1 saturated carbocycles. The van der Waals surface area contributed by atoms with Crippen molar-refractivity contribution in [3.8, 4) is 0 Å². The minimum absolute atomic E-state index is 0.118. The topological polar surface area (TPSA) is 38.5 Å². The van der Waals surface area contributed by atoms with Gasteiger partial charge in [0.05, 0.1) is 11.6 Å². The Labute approximate surface area is 106 Å². The van der Waals surface area contributed by atoms with E-state index in [9.17, 15) is 0 Å². The summed E-state index contributed by atoms with van der Waals surface area (Å²) >= 11 is 0. The van der Waals surface area contributed by atoms with Gasteiger partial charge in [-0.1, -0.05) is 19.3 Å². The summed E-state index contributed by atoms with van der Waals surface area (Å²) in [5.74, 6) is 0. The number of piperidine rings is 1. The maximum Gasteiger partial charge on any atom is 0.0767 e. The highest BCUT2D eigenvalue weighted by Crippen LogP contribution is 2.38. The summed E-state index contributed by atoms with van der Waals surface area (Å²) in [7, 11) is 1.86. The molecule has 1 aliphatic carbocycles. The Morgan fingerprint density at radius 2 is 2.00 bits per heavy atom. The molecule has 0 aromatic carbocycles. The van der Waals surface area contributed by atoms with Crippen LogP contribution in [0, 0.1) is 0 Å². The Bertz CT molecular complexity index is 246. The van der Waals surface area contributed by atoms with Crippen molar-refractivity contribution in [1.82, 2.24) is 4.90 Å². The molecule has 100 valence electrons. The molecule has 0 aromatic rings. The van der Waals surface area contributed by atoms with Crippen molar-refractivity contribution in [2.45, 2.75) is 69.6 Å². The minimum atomic E-state index is 0.118. The van der Waals surface area contributed by atoms with Gasteiger partial charge in [0.25, 0.3) is 0 Å². The number of hydrogen-bond donors (Lipinski definition) is 1. The molecule has 1 saturated heterocycles. The van der Waals surface area contributed by atoms with Crippen LogP contribution in [-0.2, 0) is 4.74 Å². The van der Waals surface area contributed by atoms with E-state index in [2.05, 4.69) is 11.8 Å². The first kappa shape index (κ1) is 13.3. The van der Waals surface area contributed by atoms with Gasteiger partial charge < -0.3 is 10.5 Å². The molecule has 3 unspecified atom stereocenters. The van der Waals surface area contributed by atoms with Gasteiger partial charge in [-0.3, -0.25) is 4.90 Å². The first-order valence-corrected chi connectivity index (χ1v) is 7.24. The smallest absolute Gasteiger partial charge is 0.0767 e. The molecule has 2 N–H and O–H groups in total. The third kappa shape index (κ3) is 2.38. The summed E-state index contributed by atoms with van der Waals surface area (Å²) < 4.78 is 5.78. The van der Waals surface area contributed by atoms with E-state index in [1.807, 2.05) is 7.11 Å². The van der Waals surface area contributed by atoms with Crippen molar-refractivity contribution in [1.29, 1.82) is 0 Å². The van der Waals surface area contributed by atoms with Crippen LogP contribution in [0.15, 0.2) is 0 Å². The second-order valence-corrected chi connectivity index (χ2v) is 5.82. The van der Waals surface area contributed by atoms with Gasteiger partial charge in [-0.15, -0.1) is 0 Å². The van der Waals surface area contributed by atoms with Crippen molar-refractivity contribution in [3.63, 3.8) is 0 Å². The molecule has 0 bridgehead atoms. The normalized spacial score (nSPS) is 40.4. The molecule has 2 aliphatic rings. The summed E-state index contributed by atoms with van der Waals surface area (Å²) in [4.78, 5) is 2.67. The van der Waals surface area contributed by atoms with Crippen LogP contribution in [0.25, 0.3) is 0 Å². The number of nitrogens with zero attached hydrogens (tertiary/aromatic N) is 1. The van der Waals surface area contributed by atoms with E-state index in [1.54, 1.807) is 0 Å². The van der Waals surface area contributed by atoms with Gasteiger partial charge in [-0.05, 0) is 39.2 Å². The first-order chi connectivity index (χ1) is 8.24. The van der Waals surface area contributed by atoms with Crippen molar-refractivity contribution in [3.05, 3.63) is 0 Å². The highest BCUT2D eigenvalue weighted by atomic mass is 16.5. The lowest BCUT2D eigenvalue weighted by Gasteiger charge is -2.54. The molecule has 17 heavy (non-hydrogen) atoms. The summed E-state index contributed by atoms with van der Waals surface area (Å²) in [6.07, 6.45) is 9.34. The van der Waals surface area contributed by atoms with Crippen LogP contribution < -0.4 is 5.73 Å². The highest BCUT2D eigenvalue weighted by molar-refractivity contribution is 5.03. The van der Waals surface area contributed by atoms with E-state index >= 15 is 0 Å². The van der Waals surface area contributed by atoms with Crippen LogP contribution in [0.1, 0.15) is 51.9 Å². The zero-order valence-corrected chi connectivity index (χ0v) is 11.5. The van der Waals surface area contributed by atoms with E-state index in [4.69, 9.17) is 10.5 Å². The molecule has 3 nitrogen and oxygen atoms in total. The van der Waals surface area contributed by atoms with E-state index in [0.29, 0.717) is 12.1 Å². The molecular weight excluding hydrogens is 212 g/mol. The number of ether oxygens (including phenoxy) is 1. The average Bonchev–Trinajstić information content (AvgIpc) is 2.39. The summed E-state index contributed by atoms with van der Waals surface area (Å²) in [6.45, 7) is 4.31. The Kier molecular flexibility index (Phi) is 4.45. The third-order valence-electron chi connectivity index (χ3n) is 4.94. The Morgan fingerprint density at radius 3 is 2.65 bits per heavy atom. The lowest BCUT2D eigenvalue weighted by molar-refractivity contribution is -0.0973. The Balaban J connectivity index is 2.20. The molecule has 0 spiro atoms. The number of rotatable bonds is 3. The largest absolute Gasteiger partial charge is 0.379 e. The predicted octanol–water partition coefficient (Wildman–Crippen LogP) is 2.15. The molecule has 1 aliphatic heterocycles. The Hall–Kier alpha value is -0.120. The van der Waals surface area contributed by atoms with Gasteiger partial charge in [0.15, 0.2) is 0 Å². The zero-order valence-electron chi connectivity index (χ0n) is 11.5. The standard InChI is InChI=1S/C14H28N2O/c1-12-7-4-6-10-16(12)14(11-15)9-5-3-8-13(14)17-2/h12-13H,3-11,15H2,1-2H3. The van der Waals surface area contributed by atoms with Crippen molar-refractivity contribution < 1.29 is 4.74 Å². The van der Waals surface area contributed by atoms with Crippen LogP contribution in [0.3, 0.4) is 0 Å². The fraction of sp³-hybridized carbons (Fsp3) is 1.00. The van der Waals surface area contributed by atoms with Crippen LogP contribution in [0.4, 0.5) is 0 Å². The molecule has 3 heteroatoms. The van der Waals surface area contributed by atoms with Gasteiger partial charge in [-0.2, -0.15) is 0 Å². The van der Waals surface area contributed by atoms with Gasteiger partial charge >= 0.3 is 0 Å². The van der Waals surface area contributed by atoms with Crippen LogP contribution in [-0.4, -0.2) is 42.8 Å². The van der Waals surface area contributed by atoms with Gasteiger partial charge in [0.2, 0.25) is 0 Å². The van der Waals surface area contributed by atoms with Crippen molar-refractivity contribution in [2.24, 2.45) is 5.73 Å². The molecule has 0 aromatic heterocycles. The fourth-order valence-corrected chi connectivity index (χ4v) is 3.97. The number of nitrogens with two attached hydrogens (primary N) is 1. The predicted molar refractivity (Wildman–Crippen MR) is 71.1 cm³/mol. The maximum absolute atomic E-state index is 6.18. The zero-order chi connectivity index (χ0) is 12.3. The molecule has 1 heterocycles. The minimum Gasteiger partial charge on any atom is -0.379 e. The molecule has 2 rings (SSSR count). The van der Waals surface area contributed by atoms with Crippen LogP contribution >= 0.6 is 0 Å². The highest BCUT2D eigenvalue weighted by Gasteiger charge is 2.46. The van der Waals surface area contributed by atoms with E-state index in [-0.39, 0.29) is 5.54 Å². The monoisotopic (exact) mass is 240 g/mol. The lowest BCUT2D eigenvalue weighted by Crippen LogP contribution is -2.66. The van der Waals surface area contributed by atoms with Gasteiger partial charge in [0, 0.05) is 19.7 Å². The third-order valence-corrected chi connectivity index (χ3v) is 4.94. The summed E-state index contributed by atoms with van der Waals surface area (Å²) in [5.41, 5.74) is 6.29. The second kappa shape index (κ2) is 5.68. The lowest BCUT2D eigenvalue weighted by atomic mass is 9.75. The van der Waals surface area contributed by atoms with Gasteiger partial charge in [0.1, 0.15) is 0 Å². The van der Waals surface area contributed by atoms with Crippen molar-refractivity contribution >= 4 is 0 Å². The van der Waals surface area contributed by atoms with E-state index in [1.165, 1.54) is 51.5 Å².